The predicted molar refractivity (Wildman–Crippen MR) is 96.5 cm³/mol. The maximum Gasteiger partial charge on any atom is 0.251 e. The molecule has 2 aromatic carbocycles. The van der Waals surface area contributed by atoms with Crippen molar-refractivity contribution in [1.82, 2.24) is 10.2 Å². The first-order valence-electron chi connectivity index (χ1n) is 7.59. The Morgan fingerprint density at radius 3 is 2.32 bits per heavy atom. The third-order valence-corrected chi connectivity index (χ3v) is 3.72. The minimum atomic E-state index is -0.377. The number of carbonyl (C=O) groups is 3. The minimum Gasteiger partial charge on any atom is -0.343 e. The normalized spacial score (nSPS) is 10.0. The Labute approximate surface area is 150 Å². The number of benzene rings is 2. The molecule has 6 nitrogen and oxygen atoms in total. The van der Waals surface area contributed by atoms with E-state index in [1.54, 1.807) is 54.6 Å². The molecule has 25 heavy (non-hydrogen) atoms. The first-order valence-corrected chi connectivity index (χ1v) is 7.97. The van der Waals surface area contributed by atoms with E-state index in [1.165, 1.54) is 11.9 Å². The molecule has 0 saturated heterocycles. The molecular weight excluding hydrogens is 342 g/mol. The summed E-state index contributed by atoms with van der Waals surface area (Å²) >= 11 is 5.97. The van der Waals surface area contributed by atoms with Gasteiger partial charge < -0.3 is 15.5 Å². The highest BCUT2D eigenvalue weighted by molar-refractivity contribution is 6.33. The van der Waals surface area contributed by atoms with E-state index >= 15 is 0 Å². The Morgan fingerprint density at radius 2 is 1.64 bits per heavy atom. The molecule has 0 aromatic heterocycles. The van der Waals surface area contributed by atoms with Gasteiger partial charge >= 0.3 is 0 Å². The van der Waals surface area contributed by atoms with Crippen LogP contribution >= 0.6 is 11.6 Å². The van der Waals surface area contributed by atoms with Crippen LogP contribution in [0, 0.1) is 0 Å². The molecule has 2 N–H and O–H groups in total. The number of likely N-dealkylation sites (N-methyl/N-ethyl adjacent to an activating group) is 1. The van der Waals surface area contributed by atoms with Gasteiger partial charge in [0.15, 0.2) is 0 Å². The van der Waals surface area contributed by atoms with Crippen molar-refractivity contribution in [1.29, 1.82) is 0 Å². The topological polar surface area (TPSA) is 78.5 Å². The Morgan fingerprint density at radius 1 is 1.00 bits per heavy atom. The maximum absolute atomic E-state index is 12.0. The molecule has 2 rings (SSSR count). The molecule has 0 fully saturated rings. The fourth-order valence-electron chi connectivity index (χ4n) is 2.04. The molecule has 3 amide bonds. The molecule has 0 bridgehead atoms. The van der Waals surface area contributed by atoms with Gasteiger partial charge in [-0.2, -0.15) is 0 Å². The number of carbonyl (C=O) groups excluding carboxylic acids is 3. The zero-order chi connectivity index (χ0) is 18.2. The zero-order valence-corrected chi connectivity index (χ0v) is 14.4. The van der Waals surface area contributed by atoms with Crippen molar-refractivity contribution in [2.75, 3.05) is 25.5 Å². The van der Waals surface area contributed by atoms with Crippen LogP contribution in [0.4, 0.5) is 5.69 Å². The molecule has 0 aliphatic rings. The summed E-state index contributed by atoms with van der Waals surface area (Å²) in [4.78, 5) is 37.2. The van der Waals surface area contributed by atoms with Gasteiger partial charge in [0.25, 0.3) is 5.91 Å². The number of para-hydroxylation sites is 1. The van der Waals surface area contributed by atoms with Crippen molar-refractivity contribution in [3.05, 3.63) is 65.2 Å². The zero-order valence-electron chi connectivity index (χ0n) is 13.7. The Balaban J connectivity index is 1.81. The number of nitrogens with zero attached hydrogens (tertiary/aromatic N) is 1. The van der Waals surface area contributed by atoms with Crippen LogP contribution in [-0.4, -0.2) is 42.8 Å². The molecule has 7 heteroatoms. The lowest BCUT2D eigenvalue weighted by Gasteiger charge is -2.17. The lowest BCUT2D eigenvalue weighted by molar-refractivity contribution is -0.132. The quantitative estimate of drug-likeness (QED) is 0.829. The second-order valence-electron chi connectivity index (χ2n) is 5.33. The lowest BCUT2D eigenvalue weighted by Crippen LogP contribution is -2.41. The number of rotatable bonds is 6. The van der Waals surface area contributed by atoms with E-state index in [-0.39, 0.29) is 30.8 Å². The Kier molecular flexibility index (Phi) is 6.54. The molecule has 0 aliphatic carbocycles. The summed E-state index contributed by atoms with van der Waals surface area (Å²) in [5, 5.41) is 5.58. The lowest BCUT2D eigenvalue weighted by atomic mass is 10.2. The standard InChI is InChI=1S/C18H18ClN3O3/c1-22(12-16(23)21-15-10-6-5-9-14(15)19)17(24)11-20-18(25)13-7-3-2-4-8-13/h2-10H,11-12H2,1H3,(H,20,25)(H,21,23). The summed E-state index contributed by atoms with van der Waals surface area (Å²) in [6, 6.07) is 15.4. The predicted octanol–water partition coefficient (Wildman–Crippen LogP) is 2.17. The van der Waals surface area contributed by atoms with E-state index < -0.39 is 0 Å². The van der Waals surface area contributed by atoms with Crippen LogP contribution in [0.15, 0.2) is 54.6 Å². The summed E-state index contributed by atoms with van der Waals surface area (Å²) in [7, 11) is 1.49. The van der Waals surface area contributed by atoms with Crippen molar-refractivity contribution in [2.24, 2.45) is 0 Å². The van der Waals surface area contributed by atoms with Gasteiger partial charge in [0.05, 0.1) is 23.8 Å². The third-order valence-electron chi connectivity index (χ3n) is 3.39. The molecule has 130 valence electrons. The molecule has 0 heterocycles. The van der Waals surface area contributed by atoms with E-state index in [0.29, 0.717) is 16.3 Å². The second-order valence-corrected chi connectivity index (χ2v) is 5.73. The first kappa shape index (κ1) is 18.5. The smallest absolute Gasteiger partial charge is 0.251 e. The van der Waals surface area contributed by atoms with Gasteiger partial charge in [-0.25, -0.2) is 0 Å². The Hall–Kier alpha value is -2.86. The van der Waals surface area contributed by atoms with Crippen molar-refractivity contribution in [3.63, 3.8) is 0 Å². The van der Waals surface area contributed by atoms with Gasteiger partial charge in [-0.3, -0.25) is 14.4 Å². The van der Waals surface area contributed by atoms with E-state index in [0.717, 1.165) is 0 Å². The van der Waals surface area contributed by atoms with Gasteiger partial charge in [-0.15, -0.1) is 0 Å². The van der Waals surface area contributed by atoms with Crippen molar-refractivity contribution >= 4 is 35.0 Å². The van der Waals surface area contributed by atoms with Gasteiger partial charge in [0.1, 0.15) is 0 Å². The summed E-state index contributed by atoms with van der Waals surface area (Å²) in [6.07, 6.45) is 0. The van der Waals surface area contributed by atoms with Crippen LogP contribution in [-0.2, 0) is 9.59 Å². The number of hydrogen-bond donors (Lipinski definition) is 2. The fraction of sp³-hybridized carbons (Fsp3) is 0.167. The highest BCUT2D eigenvalue weighted by atomic mass is 35.5. The summed E-state index contributed by atoms with van der Waals surface area (Å²) in [5.41, 5.74) is 0.946. The SMILES string of the molecule is CN(CC(=O)Nc1ccccc1Cl)C(=O)CNC(=O)c1ccccc1. The molecule has 2 aromatic rings. The number of amides is 3. The van der Waals surface area contributed by atoms with Crippen molar-refractivity contribution < 1.29 is 14.4 Å². The molecule has 0 atom stereocenters. The third kappa shape index (κ3) is 5.61. The molecule has 0 radical (unpaired) electrons. The van der Waals surface area contributed by atoms with E-state index in [2.05, 4.69) is 10.6 Å². The van der Waals surface area contributed by atoms with Crippen LogP contribution in [0.3, 0.4) is 0 Å². The van der Waals surface area contributed by atoms with Gasteiger partial charge in [-0.1, -0.05) is 41.9 Å². The largest absolute Gasteiger partial charge is 0.343 e. The number of hydrogen-bond acceptors (Lipinski definition) is 3. The second kappa shape index (κ2) is 8.84. The van der Waals surface area contributed by atoms with E-state index in [9.17, 15) is 14.4 Å². The molecule has 0 spiro atoms. The molecule has 0 unspecified atom stereocenters. The van der Waals surface area contributed by atoms with E-state index in [1.807, 2.05) is 0 Å². The highest BCUT2D eigenvalue weighted by Crippen LogP contribution is 2.20. The summed E-state index contributed by atoms with van der Waals surface area (Å²) in [5.74, 6) is -1.10. The maximum atomic E-state index is 12.0. The van der Waals surface area contributed by atoms with E-state index in [4.69, 9.17) is 11.6 Å². The van der Waals surface area contributed by atoms with Crippen molar-refractivity contribution in [3.8, 4) is 0 Å². The number of anilines is 1. The van der Waals surface area contributed by atoms with Gasteiger partial charge in [0, 0.05) is 12.6 Å². The van der Waals surface area contributed by atoms with Crippen LogP contribution < -0.4 is 10.6 Å². The molecule has 0 saturated carbocycles. The summed E-state index contributed by atoms with van der Waals surface area (Å²) < 4.78 is 0. The average molecular weight is 360 g/mol. The molecule has 0 aliphatic heterocycles. The highest BCUT2D eigenvalue weighted by Gasteiger charge is 2.15. The van der Waals surface area contributed by atoms with Crippen LogP contribution in [0.2, 0.25) is 5.02 Å². The van der Waals surface area contributed by atoms with Crippen LogP contribution in [0.1, 0.15) is 10.4 Å². The monoisotopic (exact) mass is 359 g/mol. The summed E-state index contributed by atoms with van der Waals surface area (Å²) in [6.45, 7) is -0.338. The average Bonchev–Trinajstić information content (AvgIpc) is 2.62. The van der Waals surface area contributed by atoms with Crippen LogP contribution in [0.25, 0.3) is 0 Å². The Bertz CT molecular complexity index is 765. The first-order chi connectivity index (χ1) is 12.0. The number of nitrogens with one attached hydrogen (secondary N) is 2. The molecular formula is C18H18ClN3O3. The number of halogens is 1. The van der Waals surface area contributed by atoms with Crippen LogP contribution in [0.5, 0.6) is 0 Å². The van der Waals surface area contributed by atoms with Gasteiger partial charge in [0.2, 0.25) is 11.8 Å². The van der Waals surface area contributed by atoms with Gasteiger partial charge in [-0.05, 0) is 24.3 Å². The fourth-order valence-corrected chi connectivity index (χ4v) is 2.22. The van der Waals surface area contributed by atoms with Crippen molar-refractivity contribution in [2.45, 2.75) is 0 Å². The minimum absolute atomic E-state index is 0.148.